The molecule has 0 bridgehead atoms. The third-order valence-corrected chi connectivity index (χ3v) is 6.13. The summed E-state index contributed by atoms with van der Waals surface area (Å²) in [5.41, 5.74) is 0.596. The monoisotopic (exact) mass is 471 g/mol. The van der Waals surface area contributed by atoms with Gasteiger partial charge in [0.25, 0.3) is 0 Å². The first-order chi connectivity index (χ1) is 15.7. The Balaban J connectivity index is 1.83. The summed E-state index contributed by atoms with van der Waals surface area (Å²) in [4.78, 5) is 25.7. The number of fused-ring (bicyclic) bond motifs is 1. The quantitative estimate of drug-likeness (QED) is 0.183. The zero-order valence-corrected chi connectivity index (χ0v) is 17.8. The van der Waals surface area contributed by atoms with Gasteiger partial charge in [-0.2, -0.15) is 13.2 Å². The smallest absolute Gasteiger partial charge is 0.377 e. The van der Waals surface area contributed by atoms with E-state index in [2.05, 4.69) is 5.32 Å². The average Bonchev–Trinajstić information content (AvgIpc) is 3.33. The highest BCUT2D eigenvalue weighted by Crippen LogP contribution is 2.36. The summed E-state index contributed by atoms with van der Waals surface area (Å²) in [7, 11) is 0. The summed E-state index contributed by atoms with van der Waals surface area (Å²) < 4.78 is 54.4. The van der Waals surface area contributed by atoms with Crippen LogP contribution >= 0.6 is 11.3 Å². The number of benzene rings is 3. The van der Waals surface area contributed by atoms with Crippen LogP contribution in [0.15, 0.2) is 84.2 Å². The summed E-state index contributed by atoms with van der Waals surface area (Å²) in [6, 6.07) is 18.8. The van der Waals surface area contributed by atoms with Gasteiger partial charge < -0.3 is 5.32 Å². The Morgan fingerprint density at radius 3 is 2.18 bits per heavy atom. The van der Waals surface area contributed by atoms with Crippen LogP contribution in [0, 0.1) is 11.7 Å². The predicted molar refractivity (Wildman–Crippen MR) is 120 cm³/mol. The number of nitrogens with one attached hydrogen (secondary N) is 1. The predicted octanol–water partition coefficient (Wildman–Crippen LogP) is 6.82. The number of rotatable bonds is 7. The maximum absolute atomic E-state index is 13.6. The van der Waals surface area contributed by atoms with E-state index in [1.165, 1.54) is 24.3 Å². The second-order valence-electron chi connectivity index (χ2n) is 7.42. The van der Waals surface area contributed by atoms with Crippen LogP contribution < -0.4 is 5.32 Å². The molecule has 33 heavy (non-hydrogen) atoms. The molecule has 1 heterocycles. The van der Waals surface area contributed by atoms with Crippen LogP contribution in [-0.4, -0.2) is 17.7 Å². The molecular formula is C25H17F4NO2S. The number of hydrogen-bond acceptors (Lipinski definition) is 4. The van der Waals surface area contributed by atoms with Gasteiger partial charge in [-0.3, -0.25) is 9.59 Å². The van der Waals surface area contributed by atoms with Gasteiger partial charge in [0.1, 0.15) is 11.7 Å². The van der Waals surface area contributed by atoms with Gasteiger partial charge in [-0.15, -0.1) is 11.3 Å². The zero-order valence-electron chi connectivity index (χ0n) is 17.0. The largest absolute Gasteiger partial charge is 0.450 e. The number of thiophene rings is 1. The van der Waals surface area contributed by atoms with Gasteiger partial charge >= 0.3 is 6.18 Å². The molecule has 0 saturated heterocycles. The highest BCUT2D eigenvalue weighted by atomic mass is 32.1. The molecule has 1 aromatic heterocycles. The number of ketones is 2. The number of carbonyl (C=O) groups excluding carboxylic acids is 2. The molecule has 0 aliphatic rings. The Morgan fingerprint density at radius 2 is 1.55 bits per heavy atom. The van der Waals surface area contributed by atoms with Crippen LogP contribution in [0.4, 0.5) is 23.2 Å². The lowest BCUT2D eigenvalue weighted by molar-refractivity contribution is -0.174. The standard InChI is InChI=1S/C25H17F4NO2S/c26-18-10-7-16(8-11-18)22(30-19-12-9-15-4-1-2-5-17(15)14-19)21(24(32)25(27,28)29)23(31)20-6-3-13-33-20/h1-14,21-22,30H/t21-,22-/m0/s1. The molecule has 2 atom stereocenters. The third-order valence-electron chi connectivity index (χ3n) is 5.24. The Kier molecular flexibility index (Phi) is 6.29. The summed E-state index contributed by atoms with van der Waals surface area (Å²) in [5.74, 6) is -5.80. The molecule has 0 amide bonds. The van der Waals surface area contributed by atoms with Gasteiger partial charge in [0, 0.05) is 5.69 Å². The van der Waals surface area contributed by atoms with Gasteiger partial charge in [0.2, 0.25) is 5.78 Å². The van der Waals surface area contributed by atoms with E-state index in [9.17, 15) is 27.2 Å². The van der Waals surface area contributed by atoms with Crippen LogP contribution in [0.2, 0.25) is 0 Å². The van der Waals surface area contributed by atoms with Crippen molar-refractivity contribution in [1.82, 2.24) is 0 Å². The SMILES string of the molecule is O=C(c1cccs1)[C@@H](C(=O)C(F)(F)F)[C@@H](Nc1ccc2ccccc2c1)c1ccc(F)cc1. The van der Waals surface area contributed by atoms with Crippen molar-refractivity contribution in [3.05, 3.63) is 101 Å². The molecule has 4 aromatic rings. The average molecular weight is 471 g/mol. The Morgan fingerprint density at radius 1 is 0.848 bits per heavy atom. The molecule has 0 fully saturated rings. The third kappa shape index (κ3) is 4.96. The Hall–Kier alpha value is -3.52. The highest BCUT2D eigenvalue weighted by molar-refractivity contribution is 7.12. The van der Waals surface area contributed by atoms with Gasteiger partial charge in [-0.05, 0) is 52.0 Å². The normalized spacial score (nSPS) is 13.5. The first-order valence-corrected chi connectivity index (χ1v) is 10.8. The fraction of sp³-hybridized carbons (Fsp3) is 0.120. The van der Waals surface area contributed by atoms with Crippen molar-refractivity contribution in [3.8, 4) is 0 Å². The minimum absolute atomic E-state index is 0.0324. The van der Waals surface area contributed by atoms with Crippen molar-refractivity contribution in [2.45, 2.75) is 12.2 Å². The van der Waals surface area contributed by atoms with E-state index in [4.69, 9.17) is 0 Å². The number of anilines is 1. The van der Waals surface area contributed by atoms with E-state index in [1.807, 2.05) is 24.3 Å². The molecule has 168 valence electrons. The van der Waals surface area contributed by atoms with Crippen LogP contribution in [0.5, 0.6) is 0 Å². The maximum atomic E-state index is 13.6. The lowest BCUT2D eigenvalue weighted by Gasteiger charge is -2.28. The number of carbonyl (C=O) groups is 2. The van der Waals surface area contributed by atoms with E-state index in [-0.39, 0.29) is 10.4 Å². The second kappa shape index (κ2) is 9.15. The Labute approximate surface area is 190 Å². The molecule has 0 spiro atoms. The fourth-order valence-electron chi connectivity index (χ4n) is 3.66. The van der Waals surface area contributed by atoms with Crippen LogP contribution in [0.25, 0.3) is 10.8 Å². The zero-order chi connectivity index (χ0) is 23.6. The van der Waals surface area contributed by atoms with Crippen molar-refractivity contribution in [2.75, 3.05) is 5.32 Å². The van der Waals surface area contributed by atoms with E-state index >= 15 is 0 Å². The topological polar surface area (TPSA) is 46.2 Å². The molecule has 4 rings (SSSR count). The fourth-order valence-corrected chi connectivity index (χ4v) is 4.36. The van der Waals surface area contributed by atoms with E-state index < -0.39 is 35.5 Å². The molecule has 3 nitrogen and oxygen atoms in total. The van der Waals surface area contributed by atoms with Gasteiger partial charge in [-0.1, -0.05) is 48.5 Å². The maximum Gasteiger partial charge on any atom is 0.450 e. The number of Topliss-reactive ketones (excluding diaryl/α,β-unsaturated/α-hetero) is 2. The minimum Gasteiger partial charge on any atom is -0.377 e. The lowest BCUT2D eigenvalue weighted by Crippen LogP contribution is -2.41. The number of alkyl halides is 3. The number of halogens is 4. The van der Waals surface area contributed by atoms with E-state index in [0.29, 0.717) is 5.69 Å². The summed E-state index contributed by atoms with van der Waals surface area (Å²) >= 11 is 0.954. The van der Waals surface area contributed by atoms with Crippen molar-refractivity contribution in [1.29, 1.82) is 0 Å². The molecular weight excluding hydrogens is 454 g/mol. The first kappa shape index (κ1) is 22.7. The van der Waals surface area contributed by atoms with Crippen molar-refractivity contribution in [2.24, 2.45) is 5.92 Å². The summed E-state index contributed by atoms with van der Waals surface area (Å²) in [6.45, 7) is 0. The van der Waals surface area contributed by atoms with Crippen LogP contribution in [0.1, 0.15) is 21.3 Å². The van der Waals surface area contributed by atoms with Gasteiger partial charge in [0.05, 0.1) is 10.9 Å². The Bertz CT molecular complexity index is 1280. The highest BCUT2D eigenvalue weighted by Gasteiger charge is 2.50. The molecule has 3 aromatic carbocycles. The van der Waals surface area contributed by atoms with Crippen molar-refractivity contribution >= 4 is 39.4 Å². The molecule has 0 saturated carbocycles. The molecule has 0 aliphatic heterocycles. The molecule has 0 aliphatic carbocycles. The first-order valence-electron chi connectivity index (χ1n) is 9.93. The van der Waals surface area contributed by atoms with E-state index in [1.54, 1.807) is 23.6 Å². The summed E-state index contributed by atoms with van der Waals surface area (Å²) in [6.07, 6.45) is -5.24. The van der Waals surface area contributed by atoms with Crippen molar-refractivity contribution < 1.29 is 27.2 Å². The molecule has 1 N–H and O–H groups in total. The molecule has 0 unspecified atom stereocenters. The van der Waals surface area contributed by atoms with Gasteiger partial charge in [-0.25, -0.2) is 4.39 Å². The second-order valence-corrected chi connectivity index (χ2v) is 8.36. The van der Waals surface area contributed by atoms with E-state index in [0.717, 1.165) is 34.2 Å². The van der Waals surface area contributed by atoms with Crippen LogP contribution in [0.3, 0.4) is 0 Å². The minimum atomic E-state index is -5.24. The van der Waals surface area contributed by atoms with Crippen LogP contribution in [-0.2, 0) is 4.79 Å². The van der Waals surface area contributed by atoms with Gasteiger partial charge in [0.15, 0.2) is 5.78 Å². The lowest BCUT2D eigenvalue weighted by atomic mass is 9.84. The van der Waals surface area contributed by atoms with Crippen molar-refractivity contribution in [3.63, 3.8) is 0 Å². The molecule has 0 radical (unpaired) electrons. The summed E-state index contributed by atoms with van der Waals surface area (Å²) in [5, 5.41) is 6.23. The number of hydrogen-bond donors (Lipinski definition) is 1. The molecule has 8 heteroatoms.